The van der Waals surface area contributed by atoms with Crippen LogP contribution in [-0.2, 0) is 6.42 Å². The first-order valence-corrected chi connectivity index (χ1v) is 6.65. The van der Waals surface area contributed by atoms with Gasteiger partial charge in [0.25, 0.3) is 0 Å². The van der Waals surface area contributed by atoms with E-state index in [4.69, 9.17) is 0 Å². The molecule has 0 amide bonds. The van der Waals surface area contributed by atoms with E-state index >= 15 is 0 Å². The minimum absolute atomic E-state index is 0.200. The molecule has 2 atom stereocenters. The van der Waals surface area contributed by atoms with Crippen LogP contribution >= 0.6 is 0 Å². The summed E-state index contributed by atoms with van der Waals surface area (Å²) in [5.74, 6) is 2.62. The van der Waals surface area contributed by atoms with Gasteiger partial charge in [0.2, 0.25) is 0 Å². The summed E-state index contributed by atoms with van der Waals surface area (Å²) >= 11 is 0. The third-order valence-corrected chi connectivity index (χ3v) is 3.97. The van der Waals surface area contributed by atoms with Crippen LogP contribution in [0.25, 0.3) is 0 Å². The topological polar surface area (TPSA) is 63.0 Å². The fourth-order valence-electron chi connectivity index (χ4n) is 3.05. The van der Waals surface area contributed by atoms with Gasteiger partial charge in [-0.15, -0.1) is 10.2 Å². The zero-order valence-corrected chi connectivity index (χ0v) is 10.1. The maximum Gasteiger partial charge on any atom is 0.137 e. The molecule has 0 aromatic carbocycles. The van der Waals surface area contributed by atoms with Gasteiger partial charge in [0.15, 0.2) is 0 Å². The lowest BCUT2D eigenvalue weighted by Gasteiger charge is -2.28. The lowest BCUT2D eigenvalue weighted by Crippen LogP contribution is -2.32. The number of aromatic nitrogens is 3. The number of nitrogens with one attached hydrogen (secondary N) is 1. The highest BCUT2D eigenvalue weighted by molar-refractivity contribution is 5.08. The van der Waals surface area contributed by atoms with Crippen LogP contribution < -0.4 is 5.32 Å². The molecule has 0 saturated carbocycles. The van der Waals surface area contributed by atoms with Gasteiger partial charge < -0.3 is 15.0 Å². The van der Waals surface area contributed by atoms with Gasteiger partial charge in [-0.2, -0.15) is 0 Å². The second-order valence-electron chi connectivity index (χ2n) is 5.12. The fourth-order valence-corrected chi connectivity index (χ4v) is 3.05. The maximum absolute atomic E-state index is 9.49. The van der Waals surface area contributed by atoms with Crippen molar-refractivity contribution < 1.29 is 5.11 Å². The molecule has 0 spiro atoms. The van der Waals surface area contributed by atoms with E-state index < -0.39 is 0 Å². The molecule has 94 valence electrons. The van der Waals surface area contributed by atoms with Crippen LogP contribution in [0.4, 0.5) is 0 Å². The number of nitrogens with zero attached hydrogens (tertiary/aromatic N) is 3. The first kappa shape index (κ1) is 11.2. The van der Waals surface area contributed by atoms with Crippen molar-refractivity contribution in [3.05, 3.63) is 11.6 Å². The summed E-state index contributed by atoms with van der Waals surface area (Å²) in [6.07, 6.45) is 5.56. The number of rotatable bonds is 2. The molecule has 5 nitrogen and oxygen atoms in total. The lowest BCUT2D eigenvalue weighted by atomic mass is 9.97. The molecule has 0 radical (unpaired) electrons. The number of aliphatic hydroxyl groups is 1. The number of aliphatic hydroxyl groups excluding tert-OH is 1. The first-order chi connectivity index (χ1) is 8.40. The van der Waals surface area contributed by atoms with Crippen molar-refractivity contribution in [2.24, 2.45) is 0 Å². The van der Waals surface area contributed by atoms with Gasteiger partial charge in [0.1, 0.15) is 11.6 Å². The highest BCUT2D eigenvalue weighted by Crippen LogP contribution is 2.30. The highest BCUT2D eigenvalue weighted by Gasteiger charge is 2.28. The first-order valence-electron chi connectivity index (χ1n) is 6.65. The Morgan fingerprint density at radius 1 is 1.29 bits per heavy atom. The van der Waals surface area contributed by atoms with Crippen LogP contribution in [0.3, 0.4) is 0 Å². The Hall–Kier alpha value is -0.940. The molecule has 17 heavy (non-hydrogen) atoms. The van der Waals surface area contributed by atoms with E-state index in [0.717, 1.165) is 44.0 Å². The number of aryl methyl sites for hydroxylation is 1. The van der Waals surface area contributed by atoms with Crippen molar-refractivity contribution in [2.45, 2.75) is 44.1 Å². The Bertz CT molecular complexity index is 384. The van der Waals surface area contributed by atoms with Crippen molar-refractivity contribution in [1.82, 2.24) is 20.1 Å². The summed E-state index contributed by atoms with van der Waals surface area (Å²) in [6.45, 7) is 2.31. The molecule has 0 bridgehead atoms. The second-order valence-corrected chi connectivity index (χ2v) is 5.12. The summed E-state index contributed by atoms with van der Waals surface area (Å²) in [4.78, 5) is 0. The highest BCUT2D eigenvalue weighted by atomic mass is 16.3. The molecule has 3 rings (SSSR count). The van der Waals surface area contributed by atoms with E-state index in [-0.39, 0.29) is 12.6 Å². The van der Waals surface area contributed by atoms with Crippen molar-refractivity contribution in [3.63, 3.8) is 0 Å². The molecular weight excluding hydrogens is 216 g/mol. The standard InChI is InChI=1S/C12H20N4O/c17-8-10-4-1-5-11-14-15-12(16(10)11)9-3-2-6-13-7-9/h9-10,13,17H,1-8H2. The van der Waals surface area contributed by atoms with Crippen molar-refractivity contribution >= 4 is 0 Å². The molecule has 1 fully saturated rings. The largest absolute Gasteiger partial charge is 0.394 e. The molecular formula is C12H20N4O. The van der Waals surface area contributed by atoms with Gasteiger partial charge in [-0.1, -0.05) is 0 Å². The van der Waals surface area contributed by atoms with Gasteiger partial charge in [0, 0.05) is 18.9 Å². The number of piperidine rings is 1. The predicted octanol–water partition coefficient (Wildman–Crippen LogP) is 0.615. The molecule has 5 heteroatoms. The van der Waals surface area contributed by atoms with Crippen LogP contribution in [0.5, 0.6) is 0 Å². The van der Waals surface area contributed by atoms with Crippen molar-refractivity contribution in [2.75, 3.05) is 19.7 Å². The third kappa shape index (κ3) is 1.98. The molecule has 2 aliphatic heterocycles. The van der Waals surface area contributed by atoms with Crippen LogP contribution in [0.2, 0.25) is 0 Å². The quantitative estimate of drug-likeness (QED) is 0.790. The molecule has 2 unspecified atom stereocenters. The normalized spacial score (nSPS) is 29.0. The Morgan fingerprint density at radius 2 is 2.24 bits per heavy atom. The van der Waals surface area contributed by atoms with Crippen molar-refractivity contribution in [3.8, 4) is 0 Å². The molecule has 1 aromatic heterocycles. The van der Waals surface area contributed by atoms with E-state index in [9.17, 15) is 5.11 Å². The Balaban J connectivity index is 1.91. The average Bonchev–Trinajstić information content (AvgIpc) is 2.83. The average molecular weight is 236 g/mol. The van der Waals surface area contributed by atoms with Gasteiger partial charge in [-0.05, 0) is 32.2 Å². The summed E-state index contributed by atoms with van der Waals surface area (Å²) in [5, 5.41) is 21.6. The van der Waals surface area contributed by atoms with Crippen LogP contribution in [-0.4, -0.2) is 39.6 Å². The summed E-state index contributed by atoms with van der Waals surface area (Å²) in [6, 6.07) is 0.200. The van der Waals surface area contributed by atoms with Crippen LogP contribution in [0.15, 0.2) is 0 Å². The van der Waals surface area contributed by atoms with E-state index in [2.05, 4.69) is 20.1 Å². The monoisotopic (exact) mass is 236 g/mol. The molecule has 0 aliphatic carbocycles. The second kappa shape index (κ2) is 4.74. The zero-order chi connectivity index (χ0) is 11.7. The third-order valence-electron chi connectivity index (χ3n) is 3.97. The summed E-state index contributed by atoms with van der Waals surface area (Å²) < 4.78 is 2.21. The van der Waals surface area contributed by atoms with Crippen molar-refractivity contribution in [1.29, 1.82) is 0 Å². The van der Waals surface area contributed by atoms with Gasteiger partial charge in [0.05, 0.1) is 12.6 Å². The van der Waals surface area contributed by atoms with Crippen LogP contribution in [0, 0.1) is 0 Å². The Kier molecular flexibility index (Phi) is 3.11. The molecule has 2 aliphatic rings. The van der Waals surface area contributed by atoms with Crippen LogP contribution in [0.1, 0.15) is 49.3 Å². The minimum atomic E-state index is 0.200. The predicted molar refractivity (Wildman–Crippen MR) is 63.9 cm³/mol. The number of hydrogen-bond acceptors (Lipinski definition) is 4. The zero-order valence-electron chi connectivity index (χ0n) is 10.1. The molecule has 2 N–H and O–H groups in total. The fraction of sp³-hybridized carbons (Fsp3) is 0.833. The smallest absolute Gasteiger partial charge is 0.137 e. The number of hydrogen-bond donors (Lipinski definition) is 2. The molecule has 1 saturated heterocycles. The van der Waals surface area contributed by atoms with Gasteiger partial charge in [-0.3, -0.25) is 0 Å². The lowest BCUT2D eigenvalue weighted by molar-refractivity contribution is 0.201. The maximum atomic E-state index is 9.49. The SMILES string of the molecule is OCC1CCCc2nnc(C3CCCNC3)n21. The Labute approximate surface area is 101 Å². The van der Waals surface area contributed by atoms with E-state index in [1.165, 1.54) is 12.8 Å². The van der Waals surface area contributed by atoms with Gasteiger partial charge >= 0.3 is 0 Å². The summed E-state index contributed by atoms with van der Waals surface area (Å²) in [7, 11) is 0. The van der Waals surface area contributed by atoms with Gasteiger partial charge in [-0.25, -0.2) is 0 Å². The van der Waals surface area contributed by atoms with E-state index in [0.29, 0.717) is 5.92 Å². The van der Waals surface area contributed by atoms with E-state index in [1.54, 1.807) is 0 Å². The Morgan fingerprint density at radius 3 is 3.00 bits per heavy atom. The van der Waals surface area contributed by atoms with E-state index in [1.807, 2.05) is 0 Å². The molecule has 1 aromatic rings. The summed E-state index contributed by atoms with van der Waals surface area (Å²) in [5.41, 5.74) is 0. The molecule has 3 heterocycles. The number of fused-ring (bicyclic) bond motifs is 1. The minimum Gasteiger partial charge on any atom is -0.394 e.